The van der Waals surface area contributed by atoms with E-state index in [1.54, 1.807) is 6.92 Å². The smallest absolute Gasteiger partial charge is 0.257 e. The first-order chi connectivity index (χ1) is 9.51. The summed E-state index contributed by atoms with van der Waals surface area (Å²) in [7, 11) is -3.57. The number of hydrogen-bond acceptors (Lipinski definition) is 4. The second-order valence-corrected chi connectivity index (χ2v) is 5.97. The maximum atomic E-state index is 12.0. The van der Waals surface area contributed by atoms with Crippen LogP contribution in [0.1, 0.15) is 18.3 Å². The highest BCUT2D eigenvalue weighted by Gasteiger charge is 2.16. The van der Waals surface area contributed by atoms with Crippen molar-refractivity contribution in [2.24, 2.45) is 0 Å². The Balaban J connectivity index is 2.06. The average molecular weight is 295 g/mol. The third-order valence-electron chi connectivity index (χ3n) is 2.64. The van der Waals surface area contributed by atoms with Gasteiger partial charge in [-0.3, -0.25) is 0 Å². The Morgan fingerprint density at radius 3 is 2.85 bits per heavy atom. The fourth-order valence-electron chi connectivity index (χ4n) is 1.70. The summed E-state index contributed by atoms with van der Waals surface area (Å²) >= 11 is 0. The summed E-state index contributed by atoms with van der Waals surface area (Å²) in [5.74, 6) is 1.28. The van der Waals surface area contributed by atoms with Gasteiger partial charge < -0.3 is 9.72 Å². The zero-order valence-electron chi connectivity index (χ0n) is 11.4. The number of aromatic nitrogens is 2. The summed E-state index contributed by atoms with van der Waals surface area (Å²) in [5.41, 5.74) is 0.829. The van der Waals surface area contributed by atoms with Crippen molar-refractivity contribution in [3.05, 3.63) is 41.9 Å². The highest BCUT2D eigenvalue weighted by atomic mass is 32.2. The molecule has 0 radical (unpaired) electrons. The van der Waals surface area contributed by atoms with Crippen LogP contribution in [-0.2, 0) is 16.6 Å². The Morgan fingerprint density at radius 2 is 2.20 bits per heavy atom. The van der Waals surface area contributed by atoms with Crippen molar-refractivity contribution < 1.29 is 13.2 Å². The molecule has 20 heavy (non-hydrogen) atoms. The van der Waals surface area contributed by atoms with E-state index in [1.807, 2.05) is 31.2 Å². The number of nitrogens with one attached hydrogen (secondary N) is 2. The molecule has 0 spiro atoms. The molecule has 0 fully saturated rings. The normalized spacial score (nSPS) is 11.5. The summed E-state index contributed by atoms with van der Waals surface area (Å²) in [6, 6.07) is 7.31. The topological polar surface area (TPSA) is 84.1 Å². The van der Waals surface area contributed by atoms with Crippen molar-refractivity contribution in [1.82, 2.24) is 14.7 Å². The Morgan fingerprint density at radius 1 is 1.40 bits per heavy atom. The zero-order chi connectivity index (χ0) is 14.6. The van der Waals surface area contributed by atoms with E-state index in [9.17, 15) is 8.42 Å². The molecule has 1 aromatic carbocycles. The largest absolute Gasteiger partial charge is 0.494 e. The van der Waals surface area contributed by atoms with Crippen LogP contribution < -0.4 is 9.46 Å². The SMILES string of the molecule is CCOc1cccc(CNS(=O)(=O)c2cnc(C)[nH]2)c1. The van der Waals surface area contributed by atoms with E-state index >= 15 is 0 Å². The first-order valence-corrected chi connectivity index (χ1v) is 7.72. The lowest BCUT2D eigenvalue weighted by Crippen LogP contribution is -2.23. The average Bonchev–Trinajstić information content (AvgIpc) is 2.85. The molecule has 0 saturated heterocycles. The summed E-state index contributed by atoms with van der Waals surface area (Å²) in [6.45, 7) is 4.37. The molecule has 0 amide bonds. The maximum Gasteiger partial charge on any atom is 0.257 e. The Kier molecular flexibility index (Phi) is 4.41. The molecule has 0 aliphatic rings. The van der Waals surface area contributed by atoms with Crippen LogP contribution in [-0.4, -0.2) is 25.0 Å². The monoisotopic (exact) mass is 295 g/mol. The second kappa shape index (κ2) is 6.06. The number of rotatable bonds is 6. The lowest BCUT2D eigenvalue weighted by molar-refractivity contribution is 0.340. The lowest BCUT2D eigenvalue weighted by Gasteiger charge is -2.07. The van der Waals surface area contributed by atoms with E-state index in [4.69, 9.17) is 4.74 Å². The van der Waals surface area contributed by atoms with Gasteiger partial charge in [0, 0.05) is 6.54 Å². The first kappa shape index (κ1) is 14.5. The highest BCUT2D eigenvalue weighted by molar-refractivity contribution is 7.89. The molecule has 108 valence electrons. The van der Waals surface area contributed by atoms with Gasteiger partial charge in [-0.05, 0) is 31.5 Å². The number of sulfonamides is 1. The molecule has 1 aromatic heterocycles. The van der Waals surface area contributed by atoms with Gasteiger partial charge in [0.1, 0.15) is 11.6 Å². The minimum absolute atomic E-state index is 0.0657. The van der Waals surface area contributed by atoms with Crippen LogP contribution in [0.15, 0.2) is 35.5 Å². The van der Waals surface area contributed by atoms with Crippen LogP contribution in [0.5, 0.6) is 5.75 Å². The van der Waals surface area contributed by atoms with Crippen LogP contribution in [0.3, 0.4) is 0 Å². The fourth-order valence-corrected chi connectivity index (χ4v) is 2.69. The number of H-pyrrole nitrogens is 1. The number of aryl methyl sites for hydroxylation is 1. The van der Waals surface area contributed by atoms with E-state index in [1.165, 1.54) is 6.20 Å². The minimum Gasteiger partial charge on any atom is -0.494 e. The van der Waals surface area contributed by atoms with Crippen LogP contribution in [0, 0.1) is 6.92 Å². The highest BCUT2D eigenvalue weighted by Crippen LogP contribution is 2.14. The molecule has 2 N–H and O–H groups in total. The third kappa shape index (κ3) is 3.58. The van der Waals surface area contributed by atoms with Crippen molar-refractivity contribution in [2.45, 2.75) is 25.4 Å². The van der Waals surface area contributed by atoms with E-state index in [2.05, 4.69) is 14.7 Å². The van der Waals surface area contributed by atoms with Crippen molar-refractivity contribution in [3.8, 4) is 5.75 Å². The third-order valence-corrected chi connectivity index (χ3v) is 3.96. The van der Waals surface area contributed by atoms with Crippen molar-refractivity contribution in [1.29, 1.82) is 0 Å². The van der Waals surface area contributed by atoms with Gasteiger partial charge in [0.05, 0.1) is 12.8 Å². The summed E-state index contributed by atoms with van der Waals surface area (Å²) in [5, 5.41) is 0.0657. The van der Waals surface area contributed by atoms with Crippen LogP contribution in [0.2, 0.25) is 0 Å². The lowest BCUT2D eigenvalue weighted by atomic mass is 10.2. The molecule has 0 aliphatic carbocycles. The molecule has 7 heteroatoms. The predicted octanol–water partition coefficient (Wildman–Crippen LogP) is 1.60. The van der Waals surface area contributed by atoms with E-state index in [0.29, 0.717) is 12.4 Å². The van der Waals surface area contributed by atoms with E-state index < -0.39 is 10.0 Å². The quantitative estimate of drug-likeness (QED) is 0.847. The molecule has 0 unspecified atom stereocenters. The number of aromatic amines is 1. The van der Waals surface area contributed by atoms with Crippen molar-refractivity contribution in [3.63, 3.8) is 0 Å². The predicted molar refractivity (Wildman–Crippen MR) is 75.0 cm³/mol. The van der Waals surface area contributed by atoms with Gasteiger partial charge >= 0.3 is 0 Å². The summed E-state index contributed by atoms with van der Waals surface area (Å²) < 4.78 is 31.9. The number of imidazole rings is 1. The summed E-state index contributed by atoms with van der Waals surface area (Å²) in [4.78, 5) is 6.58. The molecule has 0 bridgehead atoms. The van der Waals surface area contributed by atoms with Gasteiger partial charge in [-0.2, -0.15) is 0 Å². The molecule has 0 saturated carbocycles. The molecular weight excluding hydrogens is 278 g/mol. The standard InChI is InChI=1S/C13H17N3O3S/c1-3-19-12-6-4-5-11(7-12)8-15-20(17,18)13-9-14-10(2)16-13/h4-7,9,15H,3,8H2,1-2H3,(H,14,16). The molecule has 0 atom stereocenters. The van der Waals surface area contributed by atoms with Gasteiger partial charge in [-0.15, -0.1) is 0 Å². The molecule has 2 aromatic rings. The number of ether oxygens (including phenoxy) is 1. The minimum atomic E-state index is -3.57. The zero-order valence-corrected chi connectivity index (χ0v) is 12.2. The fraction of sp³-hybridized carbons (Fsp3) is 0.308. The van der Waals surface area contributed by atoms with Crippen LogP contribution in [0.25, 0.3) is 0 Å². The van der Waals surface area contributed by atoms with E-state index in [-0.39, 0.29) is 11.6 Å². The first-order valence-electron chi connectivity index (χ1n) is 6.24. The van der Waals surface area contributed by atoms with Gasteiger partial charge in [0.2, 0.25) is 0 Å². The Labute approximate surface area is 118 Å². The number of hydrogen-bond donors (Lipinski definition) is 2. The second-order valence-electron chi connectivity index (χ2n) is 4.24. The van der Waals surface area contributed by atoms with E-state index in [0.717, 1.165) is 11.3 Å². The van der Waals surface area contributed by atoms with Crippen LogP contribution in [0.4, 0.5) is 0 Å². The molecule has 0 aliphatic heterocycles. The maximum absolute atomic E-state index is 12.0. The molecule has 1 heterocycles. The number of nitrogens with zero attached hydrogens (tertiary/aromatic N) is 1. The molecule has 2 rings (SSSR count). The molecular formula is C13H17N3O3S. The van der Waals surface area contributed by atoms with Gasteiger partial charge in [0.25, 0.3) is 10.0 Å². The summed E-state index contributed by atoms with van der Waals surface area (Å²) in [6.07, 6.45) is 1.30. The van der Waals surface area contributed by atoms with Gasteiger partial charge in [-0.25, -0.2) is 18.1 Å². The van der Waals surface area contributed by atoms with Crippen molar-refractivity contribution >= 4 is 10.0 Å². The van der Waals surface area contributed by atoms with Crippen LogP contribution >= 0.6 is 0 Å². The molecule has 6 nitrogen and oxygen atoms in total. The van der Waals surface area contributed by atoms with Gasteiger partial charge in [0.15, 0.2) is 5.03 Å². The Bertz CT molecular complexity index is 680. The Hall–Kier alpha value is -1.86. The van der Waals surface area contributed by atoms with Gasteiger partial charge in [-0.1, -0.05) is 12.1 Å². The van der Waals surface area contributed by atoms with Crippen molar-refractivity contribution in [2.75, 3.05) is 6.61 Å². The number of benzene rings is 1.